The average Bonchev–Trinajstić information content (AvgIpc) is 2.76. The Kier molecular flexibility index (Phi) is 9.39. The third kappa shape index (κ3) is 7.25. The van der Waals surface area contributed by atoms with Gasteiger partial charge in [-0.05, 0) is 49.7 Å². The molecule has 0 aliphatic rings. The second-order valence-corrected chi connectivity index (χ2v) is 10.1. The number of carbonyl (C=O) groups is 2. The highest BCUT2D eigenvalue weighted by Gasteiger charge is 2.30. The van der Waals surface area contributed by atoms with E-state index in [-0.39, 0.29) is 28.2 Å². The van der Waals surface area contributed by atoms with Gasteiger partial charge in [-0.25, -0.2) is 8.42 Å². The molecule has 2 aromatic rings. The van der Waals surface area contributed by atoms with E-state index in [9.17, 15) is 18.0 Å². The van der Waals surface area contributed by atoms with Gasteiger partial charge in [-0.15, -0.1) is 0 Å². The van der Waals surface area contributed by atoms with Gasteiger partial charge in [0.15, 0.2) is 0 Å². The van der Waals surface area contributed by atoms with Gasteiger partial charge in [-0.2, -0.15) is 0 Å². The third-order valence-corrected chi connectivity index (χ3v) is 6.54. The van der Waals surface area contributed by atoms with Crippen LogP contribution in [0, 0.1) is 0 Å². The van der Waals surface area contributed by atoms with E-state index >= 15 is 0 Å². The third-order valence-electron chi connectivity index (χ3n) is 4.86. The molecule has 0 saturated carbocycles. The molecule has 2 aromatic carbocycles. The number of sulfonamides is 1. The van der Waals surface area contributed by atoms with Gasteiger partial charge in [0, 0.05) is 18.1 Å². The summed E-state index contributed by atoms with van der Waals surface area (Å²) in [5, 5.41) is 3.08. The van der Waals surface area contributed by atoms with Crippen LogP contribution in [0.4, 0.5) is 5.69 Å². The summed E-state index contributed by atoms with van der Waals surface area (Å²) in [5.41, 5.74) is 0.789. The summed E-state index contributed by atoms with van der Waals surface area (Å²) >= 11 is 12.2. The number of amides is 2. The number of hydrogen-bond donors (Lipinski definition) is 1. The second-order valence-electron chi connectivity index (χ2n) is 7.31. The maximum atomic E-state index is 13.4. The van der Waals surface area contributed by atoms with Crippen molar-refractivity contribution in [1.29, 1.82) is 0 Å². The summed E-state index contributed by atoms with van der Waals surface area (Å²) in [6.45, 7) is 3.24. The molecule has 0 heterocycles. The molecule has 33 heavy (non-hydrogen) atoms. The van der Waals surface area contributed by atoms with Crippen molar-refractivity contribution in [1.82, 2.24) is 10.2 Å². The van der Waals surface area contributed by atoms with Crippen LogP contribution in [0.25, 0.3) is 0 Å². The lowest BCUT2D eigenvalue weighted by molar-refractivity contribution is -0.139. The molecular weight excluding hydrogens is 489 g/mol. The van der Waals surface area contributed by atoms with Crippen LogP contribution in [0.1, 0.15) is 19.4 Å². The number of rotatable bonds is 10. The molecule has 0 saturated heterocycles. The van der Waals surface area contributed by atoms with Crippen molar-refractivity contribution in [2.24, 2.45) is 0 Å². The quantitative estimate of drug-likeness (QED) is 0.523. The smallest absolute Gasteiger partial charge is 0.244 e. The minimum absolute atomic E-state index is 0.0647. The normalized spacial score (nSPS) is 12.1. The molecule has 8 nitrogen and oxygen atoms in total. The number of nitrogens with zero attached hydrogens (tertiary/aromatic N) is 2. The van der Waals surface area contributed by atoms with Crippen LogP contribution in [-0.2, 0) is 26.2 Å². The van der Waals surface area contributed by atoms with E-state index in [0.717, 1.165) is 10.6 Å². The average molecular weight is 516 g/mol. The van der Waals surface area contributed by atoms with Crippen molar-refractivity contribution < 1.29 is 22.7 Å². The van der Waals surface area contributed by atoms with E-state index in [1.807, 2.05) is 0 Å². The number of hydrogen-bond acceptors (Lipinski definition) is 5. The lowest BCUT2D eigenvalue weighted by Gasteiger charge is -2.31. The van der Waals surface area contributed by atoms with Crippen molar-refractivity contribution in [2.75, 3.05) is 30.8 Å². The summed E-state index contributed by atoms with van der Waals surface area (Å²) < 4.78 is 31.2. The first-order valence-corrected chi connectivity index (χ1v) is 12.7. The van der Waals surface area contributed by atoms with E-state index in [4.69, 9.17) is 27.9 Å². The minimum Gasteiger partial charge on any atom is -0.497 e. The molecule has 11 heteroatoms. The van der Waals surface area contributed by atoms with Gasteiger partial charge in [-0.3, -0.25) is 13.9 Å². The Hall–Kier alpha value is -2.49. The first kappa shape index (κ1) is 26.8. The molecule has 0 aliphatic carbocycles. The van der Waals surface area contributed by atoms with Crippen molar-refractivity contribution >= 4 is 50.7 Å². The number of likely N-dealkylation sites (N-methyl/N-ethyl adjacent to an activating group) is 1. The van der Waals surface area contributed by atoms with E-state index in [2.05, 4.69) is 5.32 Å². The summed E-state index contributed by atoms with van der Waals surface area (Å²) in [7, 11) is -2.38. The van der Waals surface area contributed by atoms with E-state index < -0.39 is 28.5 Å². The number of halogens is 2. The molecule has 2 amide bonds. The van der Waals surface area contributed by atoms with Gasteiger partial charge in [0.2, 0.25) is 21.8 Å². The zero-order chi connectivity index (χ0) is 24.8. The van der Waals surface area contributed by atoms with Crippen LogP contribution in [0.15, 0.2) is 42.5 Å². The summed E-state index contributed by atoms with van der Waals surface area (Å²) in [4.78, 5) is 27.3. The van der Waals surface area contributed by atoms with Gasteiger partial charge < -0.3 is 15.0 Å². The zero-order valence-corrected chi connectivity index (χ0v) is 21.2. The molecule has 0 radical (unpaired) electrons. The Labute approximate surface area is 204 Å². The Morgan fingerprint density at radius 2 is 1.85 bits per heavy atom. The Morgan fingerprint density at radius 3 is 2.45 bits per heavy atom. The van der Waals surface area contributed by atoms with Gasteiger partial charge in [-0.1, -0.05) is 35.3 Å². The lowest BCUT2D eigenvalue weighted by atomic mass is 10.1. The Bertz CT molecular complexity index is 1110. The Morgan fingerprint density at radius 1 is 1.15 bits per heavy atom. The molecule has 0 unspecified atom stereocenters. The van der Waals surface area contributed by atoms with Crippen LogP contribution in [0.3, 0.4) is 0 Å². The van der Waals surface area contributed by atoms with E-state index in [1.54, 1.807) is 38.1 Å². The van der Waals surface area contributed by atoms with E-state index in [1.165, 1.54) is 30.2 Å². The number of methoxy groups -OCH3 is 1. The van der Waals surface area contributed by atoms with E-state index in [0.29, 0.717) is 17.9 Å². The highest BCUT2D eigenvalue weighted by atomic mass is 35.5. The van der Waals surface area contributed by atoms with Gasteiger partial charge in [0.1, 0.15) is 18.3 Å². The number of nitrogens with one attached hydrogen (secondary N) is 1. The molecule has 0 aliphatic heterocycles. The van der Waals surface area contributed by atoms with Crippen LogP contribution >= 0.6 is 23.2 Å². The fourth-order valence-electron chi connectivity index (χ4n) is 3.14. The van der Waals surface area contributed by atoms with Crippen LogP contribution in [0.2, 0.25) is 10.0 Å². The molecule has 0 spiro atoms. The Balaban J connectivity index is 2.44. The monoisotopic (exact) mass is 515 g/mol. The maximum Gasteiger partial charge on any atom is 0.244 e. The van der Waals surface area contributed by atoms with Crippen LogP contribution in [0.5, 0.6) is 5.75 Å². The summed E-state index contributed by atoms with van der Waals surface area (Å²) in [6, 6.07) is 10.5. The standard InChI is InChI=1S/C22H27Cl2N3O5S/c1-5-25-22(29)15(2)26(13-16-7-6-8-18(11-16)32-3)21(28)14-27(33(4,30)31)20-12-17(23)9-10-19(20)24/h6-12,15H,5,13-14H2,1-4H3,(H,25,29)/t15-/m0/s1. The van der Waals surface area contributed by atoms with Gasteiger partial charge in [0.05, 0.1) is 24.1 Å². The van der Waals surface area contributed by atoms with Crippen molar-refractivity contribution in [2.45, 2.75) is 26.4 Å². The summed E-state index contributed by atoms with van der Waals surface area (Å²) in [6.07, 6.45) is 0.969. The fraction of sp³-hybridized carbons (Fsp3) is 0.364. The van der Waals surface area contributed by atoms with Crippen LogP contribution in [-0.4, -0.2) is 57.6 Å². The highest BCUT2D eigenvalue weighted by Crippen LogP contribution is 2.31. The molecule has 0 aromatic heterocycles. The number of carbonyl (C=O) groups excluding carboxylic acids is 2. The second kappa shape index (κ2) is 11.6. The van der Waals surface area contributed by atoms with Gasteiger partial charge in [0.25, 0.3) is 0 Å². The van der Waals surface area contributed by atoms with Crippen LogP contribution < -0.4 is 14.4 Å². The molecule has 0 bridgehead atoms. The first-order valence-electron chi connectivity index (χ1n) is 10.1. The SMILES string of the molecule is CCNC(=O)[C@H](C)N(Cc1cccc(OC)c1)C(=O)CN(c1cc(Cl)ccc1Cl)S(C)(=O)=O. The highest BCUT2D eigenvalue weighted by molar-refractivity contribution is 7.92. The molecule has 1 atom stereocenters. The van der Waals surface area contributed by atoms with Crippen molar-refractivity contribution in [3.05, 3.63) is 58.1 Å². The summed E-state index contributed by atoms with van der Waals surface area (Å²) in [5.74, 6) is -0.354. The molecule has 180 valence electrons. The number of ether oxygens (including phenoxy) is 1. The van der Waals surface area contributed by atoms with Crippen molar-refractivity contribution in [3.8, 4) is 5.75 Å². The molecular formula is C22H27Cl2N3O5S. The predicted molar refractivity (Wildman–Crippen MR) is 130 cm³/mol. The van der Waals surface area contributed by atoms with Crippen molar-refractivity contribution in [3.63, 3.8) is 0 Å². The number of benzene rings is 2. The first-order chi connectivity index (χ1) is 15.5. The zero-order valence-electron chi connectivity index (χ0n) is 18.8. The largest absolute Gasteiger partial charge is 0.497 e. The number of anilines is 1. The fourth-order valence-corrected chi connectivity index (χ4v) is 4.43. The topological polar surface area (TPSA) is 96.0 Å². The molecule has 0 fully saturated rings. The van der Waals surface area contributed by atoms with Gasteiger partial charge >= 0.3 is 0 Å². The predicted octanol–water partition coefficient (Wildman–Crippen LogP) is 3.32. The maximum absolute atomic E-state index is 13.4. The molecule has 1 N–H and O–H groups in total. The lowest BCUT2D eigenvalue weighted by Crippen LogP contribution is -2.51. The molecule has 2 rings (SSSR count). The minimum atomic E-state index is -3.90.